The van der Waals surface area contributed by atoms with E-state index in [0.29, 0.717) is 6.42 Å². The summed E-state index contributed by atoms with van der Waals surface area (Å²) in [6, 6.07) is 6.70. The van der Waals surface area contributed by atoms with E-state index in [1.807, 2.05) is 12.1 Å². The molecule has 0 bridgehead atoms. The fraction of sp³-hybridized carbons (Fsp3) is 0.500. The Kier molecular flexibility index (Phi) is 4.81. The van der Waals surface area contributed by atoms with Gasteiger partial charge in [0.2, 0.25) is 0 Å². The highest BCUT2D eigenvalue weighted by Crippen LogP contribution is 2.22. The van der Waals surface area contributed by atoms with Crippen molar-refractivity contribution in [1.29, 1.82) is 0 Å². The van der Waals surface area contributed by atoms with Crippen LogP contribution in [-0.2, 0) is 6.42 Å². The fourth-order valence-corrected chi connectivity index (χ4v) is 1.52. The van der Waals surface area contributed by atoms with Gasteiger partial charge in [0.1, 0.15) is 5.75 Å². The molecule has 1 rings (SSSR count). The molecule has 0 aliphatic rings. The normalized spacial score (nSPS) is 13.5. The van der Waals surface area contributed by atoms with Crippen LogP contribution in [0.2, 0.25) is 0 Å². The van der Waals surface area contributed by atoms with Crippen molar-refractivity contribution in [2.24, 2.45) is 5.73 Å². The molecule has 0 heterocycles. The number of hydrogen-bond acceptors (Lipinski definition) is 2. The zero-order valence-electron chi connectivity index (χ0n) is 9.63. The SMILES string of the molecule is COc1ccc(CC(N)CCC(F)(F)F)cc1. The summed E-state index contributed by atoms with van der Waals surface area (Å²) in [6.07, 6.45) is -4.56. The van der Waals surface area contributed by atoms with Crippen molar-refractivity contribution in [2.75, 3.05) is 7.11 Å². The molecule has 0 saturated heterocycles. The average Bonchev–Trinajstić information content (AvgIpc) is 2.27. The molecule has 5 heteroatoms. The molecule has 1 atom stereocenters. The predicted molar refractivity (Wildman–Crippen MR) is 60.0 cm³/mol. The lowest BCUT2D eigenvalue weighted by molar-refractivity contribution is -0.136. The van der Waals surface area contributed by atoms with Crippen LogP contribution in [0.5, 0.6) is 5.75 Å². The molecule has 2 N–H and O–H groups in total. The lowest BCUT2D eigenvalue weighted by Gasteiger charge is -2.13. The van der Waals surface area contributed by atoms with Gasteiger partial charge in [-0.05, 0) is 30.5 Å². The number of alkyl halides is 3. The molecular formula is C12H16F3NO. The highest BCUT2D eigenvalue weighted by atomic mass is 19.4. The van der Waals surface area contributed by atoms with Crippen molar-refractivity contribution in [3.63, 3.8) is 0 Å². The molecule has 0 spiro atoms. The first kappa shape index (κ1) is 13.8. The topological polar surface area (TPSA) is 35.2 Å². The highest BCUT2D eigenvalue weighted by Gasteiger charge is 2.27. The minimum Gasteiger partial charge on any atom is -0.497 e. The van der Waals surface area contributed by atoms with Crippen molar-refractivity contribution in [1.82, 2.24) is 0 Å². The second-order valence-electron chi connectivity index (χ2n) is 3.97. The predicted octanol–water partition coefficient (Wildman–Crippen LogP) is 2.91. The number of halogens is 3. The molecule has 0 fully saturated rings. The van der Waals surface area contributed by atoms with Crippen LogP contribution in [0.4, 0.5) is 13.2 Å². The maximum atomic E-state index is 12.0. The second-order valence-corrected chi connectivity index (χ2v) is 3.97. The lowest BCUT2D eigenvalue weighted by atomic mass is 10.0. The van der Waals surface area contributed by atoms with Crippen LogP contribution in [0.1, 0.15) is 18.4 Å². The highest BCUT2D eigenvalue weighted by molar-refractivity contribution is 5.27. The van der Waals surface area contributed by atoms with Gasteiger partial charge in [0, 0.05) is 12.5 Å². The number of methoxy groups -OCH3 is 1. The average molecular weight is 247 g/mol. The van der Waals surface area contributed by atoms with Crippen LogP contribution in [-0.4, -0.2) is 19.3 Å². The molecule has 0 aromatic heterocycles. The number of benzene rings is 1. The lowest BCUT2D eigenvalue weighted by Crippen LogP contribution is -2.25. The third-order valence-corrected chi connectivity index (χ3v) is 2.46. The summed E-state index contributed by atoms with van der Waals surface area (Å²) in [5, 5.41) is 0. The molecule has 0 amide bonds. The van der Waals surface area contributed by atoms with Crippen LogP contribution in [0.25, 0.3) is 0 Å². The van der Waals surface area contributed by atoms with E-state index in [1.54, 1.807) is 19.2 Å². The van der Waals surface area contributed by atoms with Gasteiger partial charge >= 0.3 is 6.18 Å². The minimum atomic E-state index is -4.13. The van der Waals surface area contributed by atoms with Crippen LogP contribution >= 0.6 is 0 Å². The van der Waals surface area contributed by atoms with Gasteiger partial charge in [0.25, 0.3) is 0 Å². The summed E-state index contributed by atoms with van der Waals surface area (Å²) in [5.41, 5.74) is 6.57. The fourth-order valence-electron chi connectivity index (χ4n) is 1.52. The standard InChI is InChI=1S/C12H16F3NO/c1-17-11-4-2-9(3-5-11)8-10(16)6-7-12(13,14)15/h2-5,10H,6-8,16H2,1H3. The largest absolute Gasteiger partial charge is 0.497 e. The van der Waals surface area contributed by atoms with E-state index >= 15 is 0 Å². The van der Waals surface area contributed by atoms with Crippen molar-refractivity contribution < 1.29 is 17.9 Å². The van der Waals surface area contributed by atoms with Crippen molar-refractivity contribution in [3.05, 3.63) is 29.8 Å². The maximum absolute atomic E-state index is 12.0. The molecule has 2 nitrogen and oxygen atoms in total. The van der Waals surface area contributed by atoms with Gasteiger partial charge in [-0.1, -0.05) is 12.1 Å². The Morgan fingerprint density at radius 3 is 2.29 bits per heavy atom. The van der Waals surface area contributed by atoms with Gasteiger partial charge in [-0.3, -0.25) is 0 Å². The Morgan fingerprint density at radius 1 is 1.24 bits per heavy atom. The Labute approximate surface area is 98.6 Å². The molecule has 0 aliphatic heterocycles. The Bertz CT molecular complexity index is 335. The summed E-state index contributed by atoms with van der Waals surface area (Å²) in [6.45, 7) is 0. The van der Waals surface area contributed by atoms with Gasteiger partial charge in [-0.25, -0.2) is 0 Å². The minimum absolute atomic E-state index is 0.0461. The zero-order valence-corrected chi connectivity index (χ0v) is 9.63. The van der Waals surface area contributed by atoms with Gasteiger partial charge in [0.15, 0.2) is 0 Å². The molecule has 0 aliphatic carbocycles. The van der Waals surface area contributed by atoms with Gasteiger partial charge < -0.3 is 10.5 Å². The van der Waals surface area contributed by atoms with E-state index in [2.05, 4.69) is 0 Å². The molecule has 1 aromatic carbocycles. The first-order valence-corrected chi connectivity index (χ1v) is 5.36. The van der Waals surface area contributed by atoms with Crippen LogP contribution in [0.3, 0.4) is 0 Å². The zero-order chi connectivity index (χ0) is 12.9. The number of ether oxygens (including phenoxy) is 1. The molecule has 96 valence electrons. The van der Waals surface area contributed by atoms with E-state index in [4.69, 9.17) is 10.5 Å². The first-order chi connectivity index (χ1) is 7.90. The summed E-state index contributed by atoms with van der Waals surface area (Å²) in [5.74, 6) is 0.720. The summed E-state index contributed by atoms with van der Waals surface area (Å²) in [7, 11) is 1.56. The van der Waals surface area contributed by atoms with E-state index < -0.39 is 18.6 Å². The van der Waals surface area contributed by atoms with E-state index in [-0.39, 0.29) is 6.42 Å². The quantitative estimate of drug-likeness (QED) is 0.868. The third-order valence-electron chi connectivity index (χ3n) is 2.46. The van der Waals surface area contributed by atoms with Crippen molar-refractivity contribution in [3.8, 4) is 5.75 Å². The smallest absolute Gasteiger partial charge is 0.389 e. The number of nitrogens with two attached hydrogens (primary N) is 1. The Hall–Kier alpha value is -1.23. The molecular weight excluding hydrogens is 231 g/mol. The Morgan fingerprint density at radius 2 is 1.82 bits per heavy atom. The summed E-state index contributed by atoms with van der Waals surface area (Å²) >= 11 is 0. The van der Waals surface area contributed by atoms with Gasteiger partial charge in [0.05, 0.1) is 7.11 Å². The van der Waals surface area contributed by atoms with Crippen LogP contribution < -0.4 is 10.5 Å². The number of hydrogen-bond donors (Lipinski definition) is 1. The summed E-state index contributed by atoms with van der Waals surface area (Å²) < 4.78 is 40.9. The first-order valence-electron chi connectivity index (χ1n) is 5.36. The van der Waals surface area contributed by atoms with Gasteiger partial charge in [-0.15, -0.1) is 0 Å². The monoisotopic (exact) mass is 247 g/mol. The second kappa shape index (κ2) is 5.91. The molecule has 17 heavy (non-hydrogen) atoms. The number of rotatable bonds is 5. The van der Waals surface area contributed by atoms with Crippen molar-refractivity contribution in [2.45, 2.75) is 31.5 Å². The summed E-state index contributed by atoms with van der Waals surface area (Å²) in [4.78, 5) is 0. The van der Waals surface area contributed by atoms with Crippen LogP contribution in [0.15, 0.2) is 24.3 Å². The maximum Gasteiger partial charge on any atom is 0.389 e. The third kappa shape index (κ3) is 5.58. The van der Waals surface area contributed by atoms with Crippen molar-refractivity contribution >= 4 is 0 Å². The molecule has 0 radical (unpaired) electrons. The van der Waals surface area contributed by atoms with E-state index in [1.165, 1.54) is 0 Å². The molecule has 0 saturated carbocycles. The van der Waals surface area contributed by atoms with E-state index in [9.17, 15) is 13.2 Å². The molecule has 1 aromatic rings. The van der Waals surface area contributed by atoms with Gasteiger partial charge in [-0.2, -0.15) is 13.2 Å². The van der Waals surface area contributed by atoms with Crippen LogP contribution in [0, 0.1) is 0 Å². The Balaban J connectivity index is 2.42. The molecule has 1 unspecified atom stereocenters. The van der Waals surface area contributed by atoms with E-state index in [0.717, 1.165) is 11.3 Å².